The summed E-state index contributed by atoms with van der Waals surface area (Å²) in [7, 11) is 0. The minimum absolute atomic E-state index is 0.0153. The standard InChI is InChI=1S/C9H14N4O/c10-8-11-7(14)9(12-8)2-4-13-3-1-6(9)5-13/h6H,1-5H2,(H3,10,11,12,14). The Labute approximate surface area is 82.3 Å². The lowest BCUT2D eigenvalue weighted by Gasteiger charge is -2.34. The molecule has 2 fully saturated rings. The molecule has 2 saturated heterocycles. The van der Waals surface area contributed by atoms with E-state index in [1.165, 1.54) is 0 Å². The van der Waals surface area contributed by atoms with E-state index >= 15 is 0 Å². The van der Waals surface area contributed by atoms with Gasteiger partial charge in [-0.15, -0.1) is 0 Å². The molecule has 3 unspecified atom stereocenters. The number of hydrogen-bond acceptors (Lipinski definition) is 4. The average molecular weight is 194 g/mol. The van der Waals surface area contributed by atoms with E-state index in [1.807, 2.05) is 0 Å². The van der Waals surface area contributed by atoms with E-state index in [2.05, 4.69) is 15.2 Å². The maximum absolute atomic E-state index is 11.8. The average Bonchev–Trinajstić information content (AvgIpc) is 2.65. The second kappa shape index (κ2) is 2.48. The summed E-state index contributed by atoms with van der Waals surface area (Å²) in [5, 5.41) is 2.63. The quantitative estimate of drug-likeness (QED) is 0.514. The molecule has 1 spiro atoms. The molecule has 5 heteroatoms. The summed E-state index contributed by atoms with van der Waals surface area (Å²) in [6, 6.07) is 0. The third kappa shape index (κ3) is 0.877. The van der Waals surface area contributed by atoms with E-state index < -0.39 is 5.54 Å². The number of piperidine rings is 1. The molecule has 0 saturated carbocycles. The number of nitrogens with two attached hydrogens (primary N) is 1. The fraction of sp³-hybridized carbons (Fsp3) is 0.778. The summed E-state index contributed by atoms with van der Waals surface area (Å²) in [5.41, 5.74) is 5.05. The maximum atomic E-state index is 11.8. The smallest absolute Gasteiger partial charge is 0.255 e. The molecule has 3 aliphatic heterocycles. The highest BCUT2D eigenvalue weighted by atomic mass is 16.2. The summed E-state index contributed by atoms with van der Waals surface area (Å²) in [6.45, 7) is 3.08. The Bertz CT molecular complexity index is 327. The van der Waals surface area contributed by atoms with Gasteiger partial charge in [0.15, 0.2) is 5.96 Å². The van der Waals surface area contributed by atoms with Crippen LogP contribution in [0.2, 0.25) is 0 Å². The number of fused-ring (bicyclic) bond motifs is 3. The Morgan fingerprint density at radius 3 is 3.14 bits per heavy atom. The van der Waals surface area contributed by atoms with Crippen molar-refractivity contribution >= 4 is 11.9 Å². The topological polar surface area (TPSA) is 70.7 Å². The molecular formula is C9H14N4O. The second-order valence-electron chi connectivity index (χ2n) is 4.41. The molecule has 0 radical (unpaired) electrons. The van der Waals surface area contributed by atoms with Crippen LogP contribution in [0.5, 0.6) is 0 Å². The minimum atomic E-state index is -0.517. The van der Waals surface area contributed by atoms with Crippen molar-refractivity contribution in [1.29, 1.82) is 0 Å². The lowest BCUT2D eigenvalue weighted by atomic mass is 9.79. The number of amides is 1. The van der Waals surface area contributed by atoms with Gasteiger partial charge in [0.25, 0.3) is 5.91 Å². The van der Waals surface area contributed by atoms with Crippen LogP contribution in [-0.4, -0.2) is 41.9 Å². The Balaban J connectivity index is 1.99. The van der Waals surface area contributed by atoms with Crippen molar-refractivity contribution in [1.82, 2.24) is 10.2 Å². The number of aliphatic imine (C=N–C) groups is 1. The number of carbonyl (C=O) groups excluding carboxylic acids is 1. The zero-order valence-electron chi connectivity index (χ0n) is 7.99. The number of guanidine groups is 1. The molecule has 3 atom stereocenters. The number of hydrogen-bond donors (Lipinski definition) is 2. The van der Waals surface area contributed by atoms with Crippen LogP contribution >= 0.6 is 0 Å². The third-order valence-corrected chi connectivity index (χ3v) is 3.71. The molecule has 3 aliphatic rings. The first-order valence-electron chi connectivity index (χ1n) is 5.10. The van der Waals surface area contributed by atoms with E-state index in [1.54, 1.807) is 0 Å². The Kier molecular flexibility index (Phi) is 1.45. The first kappa shape index (κ1) is 8.23. The summed E-state index contributed by atoms with van der Waals surface area (Å²) in [5.74, 6) is 0.689. The van der Waals surface area contributed by atoms with Crippen LogP contribution in [0.4, 0.5) is 0 Å². The van der Waals surface area contributed by atoms with Gasteiger partial charge in [-0.1, -0.05) is 0 Å². The second-order valence-corrected chi connectivity index (χ2v) is 4.41. The van der Waals surface area contributed by atoms with Gasteiger partial charge in [0.1, 0.15) is 5.54 Å². The van der Waals surface area contributed by atoms with Gasteiger partial charge in [-0.25, -0.2) is 4.99 Å². The lowest BCUT2D eigenvalue weighted by Crippen LogP contribution is -2.51. The summed E-state index contributed by atoms with van der Waals surface area (Å²) in [4.78, 5) is 18.6. The first-order chi connectivity index (χ1) is 6.71. The van der Waals surface area contributed by atoms with Crippen molar-refractivity contribution in [2.75, 3.05) is 19.6 Å². The molecule has 1 amide bonds. The molecule has 3 heterocycles. The number of nitrogens with zero attached hydrogens (tertiary/aromatic N) is 2. The van der Waals surface area contributed by atoms with Crippen LogP contribution in [0.3, 0.4) is 0 Å². The molecule has 14 heavy (non-hydrogen) atoms. The Morgan fingerprint density at radius 2 is 2.43 bits per heavy atom. The SMILES string of the molecule is NC1=NC2(CCN3CCC2C3)C(=O)N1. The molecule has 3 N–H and O–H groups in total. The monoisotopic (exact) mass is 194 g/mol. The van der Waals surface area contributed by atoms with Crippen LogP contribution in [0, 0.1) is 5.92 Å². The number of nitrogens with one attached hydrogen (secondary N) is 1. The van der Waals surface area contributed by atoms with E-state index in [0.29, 0.717) is 11.9 Å². The highest BCUT2D eigenvalue weighted by molar-refractivity contribution is 6.07. The third-order valence-electron chi connectivity index (χ3n) is 3.71. The van der Waals surface area contributed by atoms with E-state index in [9.17, 15) is 4.79 Å². The fourth-order valence-corrected chi connectivity index (χ4v) is 2.92. The largest absolute Gasteiger partial charge is 0.370 e. The number of carbonyl (C=O) groups is 1. The number of rotatable bonds is 0. The highest BCUT2D eigenvalue weighted by Crippen LogP contribution is 2.40. The van der Waals surface area contributed by atoms with Crippen molar-refractivity contribution in [2.24, 2.45) is 16.6 Å². The van der Waals surface area contributed by atoms with Crippen LogP contribution in [-0.2, 0) is 4.79 Å². The molecule has 0 aromatic carbocycles. The molecule has 3 rings (SSSR count). The maximum Gasteiger partial charge on any atom is 0.255 e. The molecule has 5 nitrogen and oxygen atoms in total. The van der Waals surface area contributed by atoms with Crippen molar-refractivity contribution in [3.63, 3.8) is 0 Å². The fourth-order valence-electron chi connectivity index (χ4n) is 2.92. The van der Waals surface area contributed by atoms with Gasteiger partial charge < -0.3 is 10.6 Å². The van der Waals surface area contributed by atoms with Crippen LogP contribution in [0.25, 0.3) is 0 Å². The summed E-state index contributed by atoms with van der Waals surface area (Å²) < 4.78 is 0. The molecule has 2 bridgehead atoms. The minimum Gasteiger partial charge on any atom is -0.370 e. The van der Waals surface area contributed by atoms with Crippen molar-refractivity contribution in [3.8, 4) is 0 Å². The highest BCUT2D eigenvalue weighted by Gasteiger charge is 2.54. The van der Waals surface area contributed by atoms with Crippen LogP contribution in [0.15, 0.2) is 4.99 Å². The van der Waals surface area contributed by atoms with Gasteiger partial charge in [0.2, 0.25) is 0 Å². The van der Waals surface area contributed by atoms with E-state index in [4.69, 9.17) is 5.73 Å². The zero-order chi connectivity index (χ0) is 9.76. The lowest BCUT2D eigenvalue weighted by molar-refractivity contribution is -0.126. The van der Waals surface area contributed by atoms with E-state index in [-0.39, 0.29) is 5.91 Å². The van der Waals surface area contributed by atoms with Crippen LogP contribution < -0.4 is 11.1 Å². The molecule has 0 aromatic heterocycles. The van der Waals surface area contributed by atoms with Crippen molar-refractivity contribution in [3.05, 3.63) is 0 Å². The predicted octanol–water partition coefficient (Wildman–Crippen LogP) is -1.10. The van der Waals surface area contributed by atoms with Crippen molar-refractivity contribution in [2.45, 2.75) is 18.4 Å². The molecule has 76 valence electrons. The van der Waals surface area contributed by atoms with E-state index in [0.717, 1.165) is 32.5 Å². The van der Waals surface area contributed by atoms with Crippen molar-refractivity contribution < 1.29 is 4.79 Å². The van der Waals surface area contributed by atoms with Gasteiger partial charge in [0.05, 0.1) is 0 Å². The first-order valence-corrected chi connectivity index (χ1v) is 5.10. The predicted molar refractivity (Wildman–Crippen MR) is 51.7 cm³/mol. The zero-order valence-corrected chi connectivity index (χ0v) is 7.99. The van der Waals surface area contributed by atoms with Gasteiger partial charge in [0, 0.05) is 19.0 Å². The summed E-state index contributed by atoms with van der Waals surface area (Å²) in [6.07, 6.45) is 1.90. The Morgan fingerprint density at radius 1 is 1.57 bits per heavy atom. The van der Waals surface area contributed by atoms with Gasteiger partial charge in [-0.3, -0.25) is 10.1 Å². The normalized spacial score (nSPS) is 45.4. The Hall–Kier alpha value is -1.10. The summed E-state index contributed by atoms with van der Waals surface area (Å²) >= 11 is 0. The van der Waals surface area contributed by atoms with Gasteiger partial charge in [-0.05, 0) is 19.4 Å². The molecule has 0 aliphatic carbocycles. The molecule has 0 aromatic rings. The van der Waals surface area contributed by atoms with Gasteiger partial charge in [-0.2, -0.15) is 0 Å². The van der Waals surface area contributed by atoms with Gasteiger partial charge >= 0.3 is 0 Å². The van der Waals surface area contributed by atoms with Crippen LogP contribution in [0.1, 0.15) is 12.8 Å². The molecular weight excluding hydrogens is 180 g/mol.